The lowest BCUT2D eigenvalue weighted by molar-refractivity contribution is -0.131. The third-order valence-corrected chi connectivity index (χ3v) is 6.11. The summed E-state index contributed by atoms with van der Waals surface area (Å²) < 4.78 is 0. The zero-order valence-electron chi connectivity index (χ0n) is 15.8. The summed E-state index contributed by atoms with van der Waals surface area (Å²) in [5, 5.41) is 2.79. The smallest absolute Gasteiger partial charge is 0.251 e. The van der Waals surface area contributed by atoms with E-state index in [9.17, 15) is 9.59 Å². The second-order valence-corrected chi connectivity index (χ2v) is 7.96. The fourth-order valence-corrected chi connectivity index (χ4v) is 4.02. The summed E-state index contributed by atoms with van der Waals surface area (Å²) in [6, 6.07) is 15.8. The van der Waals surface area contributed by atoms with Gasteiger partial charge in [-0.25, -0.2) is 0 Å². The molecule has 140 valence electrons. The standard InChI is InChI=1S/C23H26N2O2/c1-17-15-19(7-8-20(17)18-5-3-2-4-6-18)22(27)24-16-21(26)25-13-11-23(9-10-23)12-14-25/h2-8,15H,9-14,16H2,1H3,(H,24,27). The van der Waals surface area contributed by atoms with Crippen molar-refractivity contribution in [1.82, 2.24) is 10.2 Å². The van der Waals surface area contributed by atoms with Crippen molar-refractivity contribution in [2.24, 2.45) is 5.41 Å². The average Bonchev–Trinajstić information content (AvgIpc) is 3.45. The van der Waals surface area contributed by atoms with Crippen LogP contribution in [0.2, 0.25) is 0 Å². The highest BCUT2D eigenvalue weighted by Crippen LogP contribution is 2.53. The molecule has 1 spiro atoms. The molecule has 1 saturated heterocycles. The maximum absolute atomic E-state index is 12.5. The molecule has 0 aromatic heterocycles. The van der Waals surface area contributed by atoms with Gasteiger partial charge in [0.1, 0.15) is 0 Å². The Morgan fingerprint density at radius 3 is 2.33 bits per heavy atom. The number of likely N-dealkylation sites (tertiary alicyclic amines) is 1. The number of piperidine rings is 1. The zero-order chi connectivity index (χ0) is 18.9. The van der Waals surface area contributed by atoms with Gasteiger partial charge in [0.15, 0.2) is 0 Å². The minimum absolute atomic E-state index is 0.0245. The quantitative estimate of drug-likeness (QED) is 0.899. The Hall–Kier alpha value is -2.62. The summed E-state index contributed by atoms with van der Waals surface area (Å²) in [4.78, 5) is 26.7. The largest absolute Gasteiger partial charge is 0.343 e. The van der Waals surface area contributed by atoms with Crippen LogP contribution in [0, 0.1) is 12.3 Å². The number of rotatable bonds is 4. The first-order chi connectivity index (χ1) is 13.1. The molecule has 1 saturated carbocycles. The number of carbonyl (C=O) groups excluding carboxylic acids is 2. The van der Waals surface area contributed by atoms with Crippen molar-refractivity contribution in [2.45, 2.75) is 32.6 Å². The molecule has 2 amide bonds. The van der Waals surface area contributed by atoms with Crippen molar-refractivity contribution in [1.29, 1.82) is 0 Å². The lowest BCUT2D eigenvalue weighted by Crippen LogP contribution is -2.44. The van der Waals surface area contributed by atoms with Gasteiger partial charge in [0, 0.05) is 18.7 Å². The van der Waals surface area contributed by atoms with Gasteiger partial charge in [-0.3, -0.25) is 9.59 Å². The van der Waals surface area contributed by atoms with Gasteiger partial charge in [-0.2, -0.15) is 0 Å². The van der Waals surface area contributed by atoms with E-state index in [0.29, 0.717) is 11.0 Å². The Kier molecular flexibility index (Phi) is 4.73. The third-order valence-electron chi connectivity index (χ3n) is 6.11. The molecule has 0 radical (unpaired) electrons. The van der Waals surface area contributed by atoms with Crippen molar-refractivity contribution >= 4 is 11.8 Å². The van der Waals surface area contributed by atoms with Crippen LogP contribution in [0.15, 0.2) is 48.5 Å². The minimum Gasteiger partial charge on any atom is -0.343 e. The van der Waals surface area contributed by atoms with Crippen molar-refractivity contribution in [2.75, 3.05) is 19.6 Å². The highest BCUT2D eigenvalue weighted by atomic mass is 16.2. The monoisotopic (exact) mass is 362 g/mol. The first-order valence-electron chi connectivity index (χ1n) is 9.78. The van der Waals surface area contributed by atoms with Crippen LogP contribution >= 0.6 is 0 Å². The predicted molar refractivity (Wildman–Crippen MR) is 106 cm³/mol. The first kappa shape index (κ1) is 17.8. The van der Waals surface area contributed by atoms with Gasteiger partial charge in [-0.15, -0.1) is 0 Å². The summed E-state index contributed by atoms with van der Waals surface area (Å²) in [6.45, 7) is 3.75. The van der Waals surface area contributed by atoms with Gasteiger partial charge < -0.3 is 10.2 Å². The summed E-state index contributed by atoms with van der Waals surface area (Å²) >= 11 is 0. The molecule has 0 unspecified atom stereocenters. The second kappa shape index (κ2) is 7.18. The summed E-state index contributed by atoms with van der Waals surface area (Å²) in [5.74, 6) is -0.168. The summed E-state index contributed by atoms with van der Waals surface area (Å²) in [6.07, 6.45) is 4.88. The molecule has 2 aliphatic rings. The van der Waals surface area contributed by atoms with Gasteiger partial charge in [-0.1, -0.05) is 36.4 Å². The number of aryl methyl sites for hydroxylation is 1. The number of nitrogens with one attached hydrogen (secondary N) is 1. The molecule has 0 bridgehead atoms. The Balaban J connectivity index is 1.34. The van der Waals surface area contributed by atoms with E-state index in [0.717, 1.165) is 42.6 Å². The van der Waals surface area contributed by atoms with Crippen molar-refractivity contribution in [3.05, 3.63) is 59.7 Å². The Labute approximate surface area is 160 Å². The molecule has 1 N–H and O–H groups in total. The van der Waals surface area contributed by atoms with E-state index in [4.69, 9.17) is 0 Å². The molecule has 1 aliphatic carbocycles. The van der Waals surface area contributed by atoms with E-state index < -0.39 is 0 Å². The third kappa shape index (κ3) is 3.90. The van der Waals surface area contributed by atoms with Crippen LogP contribution in [0.5, 0.6) is 0 Å². The zero-order valence-corrected chi connectivity index (χ0v) is 15.8. The van der Waals surface area contributed by atoms with Gasteiger partial charge >= 0.3 is 0 Å². The lowest BCUT2D eigenvalue weighted by Gasteiger charge is -2.32. The van der Waals surface area contributed by atoms with Crippen molar-refractivity contribution in [3.8, 4) is 11.1 Å². The summed E-state index contributed by atoms with van der Waals surface area (Å²) in [7, 11) is 0. The van der Waals surface area contributed by atoms with E-state index in [1.165, 1.54) is 12.8 Å². The van der Waals surface area contributed by atoms with Crippen LogP contribution in [0.4, 0.5) is 0 Å². The van der Waals surface area contributed by atoms with Gasteiger partial charge in [0.2, 0.25) is 5.91 Å². The van der Waals surface area contributed by atoms with Gasteiger partial charge in [-0.05, 0) is 66.8 Å². The Morgan fingerprint density at radius 2 is 1.70 bits per heavy atom. The molecule has 0 atom stereocenters. The van der Waals surface area contributed by atoms with E-state index in [-0.39, 0.29) is 18.4 Å². The molecule has 4 nitrogen and oxygen atoms in total. The second-order valence-electron chi connectivity index (χ2n) is 7.96. The molecule has 1 aliphatic heterocycles. The van der Waals surface area contributed by atoms with Gasteiger partial charge in [0.05, 0.1) is 6.54 Å². The fourth-order valence-electron chi connectivity index (χ4n) is 4.02. The number of hydrogen-bond donors (Lipinski definition) is 1. The molecule has 4 rings (SSSR count). The molecular formula is C23H26N2O2. The van der Waals surface area contributed by atoms with Crippen LogP contribution in [0.25, 0.3) is 11.1 Å². The molecule has 1 heterocycles. The molecule has 2 aromatic carbocycles. The van der Waals surface area contributed by atoms with Crippen LogP contribution < -0.4 is 5.32 Å². The maximum atomic E-state index is 12.5. The van der Waals surface area contributed by atoms with Gasteiger partial charge in [0.25, 0.3) is 5.91 Å². The normalized spacial score (nSPS) is 17.6. The van der Waals surface area contributed by atoms with Crippen molar-refractivity contribution in [3.63, 3.8) is 0 Å². The number of benzene rings is 2. The lowest BCUT2D eigenvalue weighted by atomic mass is 9.94. The van der Waals surface area contributed by atoms with E-state index in [2.05, 4.69) is 17.4 Å². The van der Waals surface area contributed by atoms with E-state index >= 15 is 0 Å². The van der Waals surface area contributed by atoms with E-state index in [1.54, 1.807) is 0 Å². The molecule has 4 heteroatoms. The van der Waals surface area contributed by atoms with Crippen LogP contribution in [-0.2, 0) is 4.79 Å². The predicted octanol–water partition coefficient (Wildman–Crippen LogP) is 3.79. The van der Waals surface area contributed by atoms with Crippen molar-refractivity contribution < 1.29 is 9.59 Å². The topological polar surface area (TPSA) is 49.4 Å². The number of hydrogen-bond acceptors (Lipinski definition) is 2. The molecular weight excluding hydrogens is 336 g/mol. The SMILES string of the molecule is Cc1cc(C(=O)NCC(=O)N2CCC3(CC2)CC3)ccc1-c1ccccc1. The average molecular weight is 362 g/mol. The van der Waals surface area contributed by atoms with Crippen LogP contribution in [0.3, 0.4) is 0 Å². The van der Waals surface area contributed by atoms with Crippen LogP contribution in [-0.4, -0.2) is 36.3 Å². The molecule has 27 heavy (non-hydrogen) atoms. The first-order valence-corrected chi connectivity index (χ1v) is 9.78. The summed E-state index contributed by atoms with van der Waals surface area (Å²) in [5.41, 5.74) is 4.45. The Bertz CT molecular complexity index is 846. The Morgan fingerprint density at radius 1 is 1.00 bits per heavy atom. The number of carbonyl (C=O) groups is 2. The minimum atomic E-state index is -0.193. The number of nitrogens with zero attached hydrogens (tertiary/aromatic N) is 1. The molecule has 2 aromatic rings. The highest BCUT2D eigenvalue weighted by molar-refractivity contribution is 5.97. The molecule has 2 fully saturated rings. The van der Waals surface area contributed by atoms with Crippen LogP contribution in [0.1, 0.15) is 41.6 Å². The highest BCUT2D eigenvalue weighted by Gasteiger charge is 2.44. The maximum Gasteiger partial charge on any atom is 0.251 e. The number of amides is 2. The van der Waals surface area contributed by atoms with E-state index in [1.807, 2.05) is 48.2 Å². The fraction of sp³-hybridized carbons (Fsp3) is 0.391.